The van der Waals surface area contributed by atoms with Crippen LogP contribution in [0.4, 0.5) is 11.4 Å². The molecule has 4 aliphatic rings. The minimum Gasteiger partial charge on any atom is -0.378 e. The lowest BCUT2D eigenvalue weighted by Gasteiger charge is -2.39. The van der Waals surface area contributed by atoms with E-state index in [1.165, 1.54) is 89.8 Å². The number of anilines is 2. The van der Waals surface area contributed by atoms with Crippen molar-refractivity contribution >= 4 is 11.4 Å². The Kier molecular flexibility index (Phi) is 6.24. The van der Waals surface area contributed by atoms with Crippen LogP contribution in [0.25, 0.3) is 0 Å². The van der Waals surface area contributed by atoms with Crippen molar-refractivity contribution in [3.05, 3.63) is 23.8 Å². The van der Waals surface area contributed by atoms with Crippen LogP contribution in [0.1, 0.15) is 69.8 Å². The molecule has 4 fully saturated rings. The zero-order valence-electron chi connectivity index (χ0n) is 19.1. The van der Waals surface area contributed by atoms with Gasteiger partial charge in [-0.05, 0) is 86.6 Å². The van der Waals surface area contributed by atoms with Gasteiger partial charge < -0.3 is 14.5 Å². The van der Waals surface area contributed by atoms with Gasteiger partial charge in [0.1, 0.15) is 0 Å². The second kappa shape index (κ2) is 9.08. The van der Waals surface area contributed by atoms with Gasteiger partial charge >= 0.3 is 0 Å². The quantitative estimate of drug-likeness (QED) is 0.664. The van der Waals surface area contributed by atoms with Crippen LogP contribution < -0.4 is 9.80 Å². The molecule has 5 rings (SSSR count). The molecule has 2 saturated heterocycles. The van der Waals surface area contributed by atoms with E-state index in [0.29, 0.717) is 0 Å². The maximum atomic E-state index is 5.60. The molecule has 1 spiro atoms. The van der Waals surface area contributed by atoms with Gasteiger partial charge in [-0.25, -0.2) is 0 Å². The minimum absolute atomic E-state index is 0.755. The maximum absolute atomic E-state index is 5.60. The lowest BCUT2D eigenvalue weighted by atomic mass is 9.76. The summed E-state index contributed by atoms with van der Waals surface area (Å²) < 4.78 is 5.60. The molecule has 2 saturated carbocycles. The number of benzene rings is 1. The molecule has 0 bridgehead atoms. The average Bonchev–Trinajstić information content (AvgIpc) is 3.57. The normalized spacial score (nSPS) is 25.1. The number of hydrogen-bond acceptors (Lipinski definition) is 4. The molecule has 1 aromatic rings. The van der Waals surface area contributed by atoms with Gasteiger partial charge in [-0.3, -0.25) is 4.90 Å². The van der Waals surface area contributed by atoms with Gasteiger partial charge in [0.2, 0.25) is 0 Å². The number of piperazine rings is 1. The van der Waals surface area contributed by atoms with Gasteiger partial charge in [0.15, 0.2) is 0 Å². The first-order valence-electron chi connectivity index (χ1n) is 12.7. The Morgan fingerprint density at radius 3 is 2.30 bits per heavy atom. The van der Waals surface area contributed by atoms with Crippen LogP contribution in [0, 0.1) is 5.41 Å². The lowest BCUT2D eigenvalue weighted by molar-refractivity contribution is 0.122. The lowest BCUT2D eigenvalue weighted by Crippen LogP contribution is -2.47. The van der Waals surface area contributed by atoms with Crippen molar-refractivity contribution in [2.75, 3.05) is 68.8 Å². The van der Waals surface area contributed by atoms with Crippen LogP contribution in [0.5, 0.6) is 0 Å². The highest BCUT2D eigenvalue weighted by Gasteiger charge is 2.45. The zero-order valence-corrected chi connectivity index (χ0v) is 19.1. The van der Waals surface area contributed by atoms with E-state index in [4.69, 9.17) is 4.74 Å². The van der Waals surface area contributed by atoms with Crippen LogP contribution in [0.15, 0.2) is 18.2 Å². The summed E-state index contributed by atoms with van der Waals surface area (Å²) in [4.78, 5) is 7.90. The highest BCUT2D eigenvalue weighted by Crippen LogP contribution is 2.59. The third kappa shape index (κ3) is 4.50. The van der Waals surface area contributed by atoms with Crippen molar-refractivity contribution in [2.45, 2.75) is 64.2 Å². The van der Waals surface area contributed by atoms with Crippen molar-refractivity contribution in [1.82, 2.24) is 4.90 Å². The van der Waals surface area contributed by atoms with Gasteiger partial charge in [-0.15, -0.1) is 0 Å². The molecule has 0 aromatic heterocycles. The van der Waals surface area contributed by atoms with Crippen molar-refractivity contribution < 1.29 is 4.74 Å². The number of ether oxygens (including phenoxy) is 1. The monoisotopic (exact) mass is 411 g/mol. The number of morpholine rings is 1. The van der Waals surface area contributed by atoms with Crippen LogP contribution in [-0.2, 0) is 4.74 Å². The fraction of sp³-hybridized carbons (Fsp3) is 0.769. The van der Waals surface area contributed by atoms with Crippen molar-refractivity contribution in [3.8, 4) is 0 Å². The number of hydrogen-bond donors (Lipinski definition) is 0. The van der Waals surface area contributed by atoms with E-state index < -0.39 is 0 Å². The predicted octanol–water partition coefficient (Wildman–Crippen LogP) is 4.88. The standard InChI is InChI=1S/C26H41N3O/c1-2-3-12-27-13-15-29(16-14-27)25-5-4-23(28-17-19-30-20-18-28)21-24(25)22-6-8-26(9-7-22)10-11-26/h4-5,21-22H,2-3,6-20H2,1H3. The highest BCUT2D eigenvalue weighted by molar-refractivity contribution is 5.63. The summed E-state index contributed by atoms with van der Waals surface area (Å²) in [5, 5.41) is 0. The van der Waals surface area contributed by atoms with E-state index >= 15 is 0 Å². The summed E-state index contributed by atoms with van der Waals surface area (Å²) in [6.45, 7) is 12.2. The average molecular weight is 412 g/mol. The molecule has 0 N–H and O–H groups in total. The summed E-state index contributed by atoms with van der Waals surface area (Å²) >= 11 is 0. The van der Waals surface area contributed by atoms with E-state index in [9.17, 15) is 0 Å². The third-order valence-corrected chi connectivity index (χ3v) is 8.37. The Labute approximate surface area is 183 Å². The molecule has 2 aliphatic heterocycles. The highest BCUT2D eigenvalue weighted by atomic mass is 16.5. The van der Waals surface area contributed by atoms with Gasteiger partial charge in [-0.1, -0.05) is 13.3 Å². The zero-order chi connectivity index (χ0) is 20.4. The molecule has 0 radical (unpaired) electrons. The second-order valence-electron chi connectivity index (χ2n) is 10.3. The van der Waals surface area contributed by atoms with Crippen LogP contribution >= 0.6 is 0 Å². The summed E-state index contributed by atoms with van der Waals surface area (Å²) in [5.41, 5.74) is 5.38. The molecule has 0 amide bonds. The topological polar surface area (TPSA) is 19.0 Å². The number of unbranched alkanes of at least 4 members (excludes halogenated alkanes) is 1. The summed E-state index contributed by atoms with van der Waals surface area (Å²) in [5.74, 6) is 0.755. The SMILES string of the molecule is CCCCN1CCN(c2ccc(N3CCOCC3)cc2C2CCC3(CC2)CC3)CC1. The summed E-state index contributed by atoms with van der Waals surface area (Å²) in [7, 11) is 0. The van der Waals surface area contributed by atoms with Crippen LogP contribution in [0.2, 0.25) is 0 Å². The van der Waals surface area contributed by atoms with Gasteiger partial charge in [0.25, 0.3) is 0 Å². The number of nitrogens with zero attached hydrogens (tertiary/aromatic N) is 3. The predicted molar refractivity (Wildman–Crippen MR) is 126 cm³/mol. The van der Waals surface area contributed by atoms with Crippen LogP contribution in [-0.4, -0.2) is 63.9 Å². The Morgan fingerprint density at radius 2 is 1.63 bits per heavy atom. The summed E-state index contributed by atoms with van der Waals surface area (Å²) in [6, 6.07) is 7.42. The maximum Gasteiger partial charge on any atom is 0.0642 e. The molecular weight excluding hydrogens is 370 g/mol. The molecule has 0 atom stereocenters. The molecule has 2 heterocycles. The van der Waals surface area contributed by atoms with E-state index in [0.717, 1.165) is 37.6 Å². The Bertz CT molecular complexity index is 692. The molecule has 1 aromatic carbocycles. The van der Waals surface area contributed by atoms with Gasteiger partial charge in [0, 0.05) is 50.6 Å². The molecule has 30 heavy (non-hydrogen) atoms. The van der Waals surface area contributed by atoms with Crippen LogP contribution in [0.3, 0.4) is 0 Å². The molecule has 0 unspecified atom stereocenters. The first kappa shape index (κ1) is 20.6. The Hall–Kier alpha value is -1.26. The van der Waals surface area contributed by atoms with Gasteiger partial charge in [-0.2, -0.15) is 0 Å². The van der Waals surface area contributed by atoms with E-state index in [-0.39, 0.29) is 0 Å². The largest absolute Gasteiger partial charge is 0.378 e. The first-order chi connectivity index (χ1) is 14.8. The molecule has 2 aliphatic carbocycles. The fourth-order valence-electron chi connectivity index (χ4n) is 5.99. The third-order valence-electron chi connectivity index (χ3n) is 8.37. The van der Waals surface area contributed by atoms with E-state index in [1.54, 1.807) is 11.3 Å². The molecule has 166 valence electrons. The van der Waals surface area contributed by atoms with E-state index in [1.807, 2.05) is 0 Å². The minimum atomic E-state index is 0.755. The van der Waals surface area contributed by atoms with E-state index in [2.05, 4.69) is 39.8 Å². The molecule has 4 heteroatoms. The van der Waals surface area contributed by atoms with Crippen molar-refractivity contribution in [2.24, 2.45) is 5.41 Å². The van der Waals surface area contributed by atoms with Gasteiger partial charge in [0.05, 0.1) is 13.2 Å². The second-order valence-corrected chi connectivity index (χ2v) is 10.3. The Morgan fingerprint density at radius 1 is 0.900 bits per heavy atom. The van der Waals surface area contributed by atoms with Crippen molar-refractivity contribution in [1.29, 1.82) is 0 Å². The molecule has 4 nitrogen and oxygen atoms in total. The summed E-state index contributed by atoms with van der Waals surface area (Å²) in [6.07, 6.45) is 11.4. The number of rotatable bonds is 6. The van der Waals surface area contributed by atoms with Crippen molar-refractivity contribution in [3.63, 3.8) is 0 Å². The fourth-order valence-corrected chi connectivity index (χ4v) is 5.99. The molecular formula is C26H41N3O. The Balaban J connectivity index is 1.34. The smallest absolute Gasteiger partial charge is 0.0642 e. The first-order valence-corrected chi connectivity index (χ1v) is 12.7.